The molecule has 1 heterocycles. The molecule has 1 aliphatic heterocycles. The normalized spacial score (nSPS) is 19.9. The van der Waals surface area contributed by atoms with Crippen molar-refractivity contribution in [3.63, 3.8) is 0 Å². The Bertz CT molecular complexity index is 634. The Balaban J connectivity index is 2.27. The molecule has 1 aromatic rings. The number of benzene rings is 1. The van der Waals surface area contributed by atoms with Gasteiger partial charge in [0.2, 0.25) is 10.0 Å². The smallest absolute Gasteiger partial charge is 0.334 e. The molecule has 0 bridgehead atoms. The van der Waals surface area contributed by atoms with E-state index in [1.807, 2.05) is 0 Å². The third-order valence-corrected chi connectivity index (χ3v) is 3.84. The van der Waals surface area contributed by atoms with E-state index in [1.54, 1.807) is 0 Å². The van der Waals surface area contributed by atoms with E-state index in [2.05, 4.69) is 0 Å². The van der Waals surface area contributed by atoms with E-state index in [0.29, 0.717) is 6.54 Å². The highest BCUT2D eigenvalue weighted by Crippen LogP contribution is 2.24. The van der Waals surface area contributed by atoms with Crippen molar-refractivity contribution in [2.75, 3.05) is 24.6 Å². The molecule has 1 aromatic carbocycles. The van der Waals surface area contributed by atoms with Gasteiger partial charge in [-0.25, -0.2) is 22.7 Å². The van der Waals surface area contributed by atoms with Crippen LogP contribution in [0.4, 0.5) is 10.1 Å². The van der Waals surface area contributed by atoms with E-state index in [1.165, 1.54) is 17.0 Å². The van der Waals surface area contributed by atoms with Crippen LogP contribution in [0.2, 0.25) is 0 Å². The maximum atomic E-state index is 13.9. The number of anilines is 1. The van der Waals surface area contributed by atoms with Gasteiger partial charge in [0.25, 0.3) is 0 Å². The lowest BCUT2D eigenvalue weighted by molar-refractivity contribution is -0.150. The number of rotatable bonds is 3. The Kier molecular flexibility index (Phi) is 3.93. The molecule has 110 valence electrons. The average Bonchev–Trinajstić information content (AvgIpc) is 2.37. The van der Waals surface area contributed by atoms with Crippen molar-refractivity contribution in [3.05, 3.63) is 24.0 Å². The Morgan fingerprint density at radius 2 is 2.20 bits per heavy atom. The number of hydrogen-bond acceptors (Lipinski definition) is 5. The van der Waals surface area contributed by atoms with E-state index < -0.39 is 27.9 Å². The van der Waals surface area contributed by atoms with Crippen LogP contribution in [-0.4, -0.2) is 45.3 Å². The number of carbonyl (C=O) groups is 1. The predicted molar refractivity (Wildman–Crippen MR) is 67.4 cm³/mol. The summed E-state index contributed by atoms with van der Waals surface area (Å²) in [5, 5.41) is 13.8. The highest BCUT2D eigenvalue weighted by atomic mass is 32.2. The fraction of sp³-hybridized carbons (Fsp3) is 0.364. The number of carboxylic acid groups (broad SMARTS) is 1. The summed E-state index contributed by atoms with van der Waals surface area (Å²) in [5.74, 6) is -1.90. The van der Waals surface area contributed by atoms with E-state index in [9.17, 15) is 17.6 Å². The fourth-order valence-corrected chi connectivity index (χ4v) is 2.46. The third kappa shape index (κ3) is 3.06. The molecule has 0 amide bonds. The number of hydrogen-bond donors (Lipinski definition) is 2. The molecule has 0 spiro atoms. The zero-order valence-corrected chi connectivity index (χ0v) is 11.1. The number of nitrogens with two attached hydrogens (primary N) is 1. The van der Waals surface area contributed by atoms with E-state index in [-0.39, 0.29) is 23.7 Å². The van der Waals surface area contributed by atoms with Crippen molar-refractivity contribution in [1.29, 1.82) is 0 Å². The second-order valence-electron chi connectivity index (χ2n) is 4.30. The van der Waals surface area contributed by atoms with Crippen molar-refractivity contribution in [2.45, 2.75) is 11.0 Å². The lowest BCUT2D eigenvalue weighted by Gasteiger charge is -2.32. The van der Waals surface area contributed by atoms with Crippen LogP contribution in [0.3, 0.4) is 0 Å². The zero-order valence-electron chi connectivity index (χ0n) is 10.3. The first kappa shape index (κ1) is 14.7. The van der Waals surface area contributed by atoms with Crippen LogP contribution in [0.1, 0.15) is 0 Å². The number of aliphatic carboxylic acids is 1. The lowest BCUT2D eigenvalue weighted by Crippen LogP contribution is -2.46. The summed E-state index contributed by atoms with van der Waals surface area (Å²) in [6.07, 6.45) is -1.04. The largest absolute Gasteiger partial charge is 0.479 e. The number of carboxylic acids is 1. The van der Waals surface area contributed by atoms with E-state index in [4.69, 9.17) is 15.0 Å². The first-order valence-corrected chi connectivity index (χ1v) is 7.25. The molecule has 2 rings (SSSR count). The standard InChI is InChI=1S/C11H13FN2O5S/c12-8-5-7(20(13,17)18)1-2-9(8)14-3-4-19-10(6-14)11(15)16/h1-2,5,10H,3-4,6H2,(H,15,16)(H2,13,17,18). The molecule has 20 heavy (non-hydrogen) atoms. The maximum absolute atomic E-state index is 13.9. The highest BCUT2D eigenvalue weighted by molar-refractivity contribution is 7.89. The van der Waals surface area contributed by atoms with Crippen molar-refractivity contribution in [2.24, 2.45) is 5.14 Å². The molecular formula is C11H13FN2O5S. The minimum atomic E-state index is -3.97. The summed E-state index contributed by atoms with van der Waals surface area (Å²) in [5.41, 5.74) is 0.118. The predicted octanol–water partition coefficient (Wildman–Crippen LogP) is -0.237. The summed E-state index contributed by atoms with van der Waals surface area (Å²) >= 11 is 0. The Morgan fingerprint density at radius 1 is 1.50 bits per heavy atom. The van der Waals surface area contributed by atoms with Gasteiger partial charge < -0.3 is 14.7 Å². The number of morpholine rings is 1. The van der Waals surface area contributed by atoms with Gasteiger partial charge in [-0.05, 0) is 18.2 Å². The molecule has 0 saturated carbocycles. The molecule has 3 N–H and O–H groups in total. The van der Waals surface area contributed by atoms with E-state index in [0.717, 1.165) is 6.07 Å². The van der Waals surface area contributed by atoms with Crippen LogP contribution in [0.25, 0.3) is 0 Å². The molecule has 7 nitrogen and oxygen atoms in total. The van der Waals surface area contributed by atoms with Gasteiger partial charge in [-0.3, -0.25) is 0 Å². The molecule has 9 heteroatoms. The number of sulfonamides is 1. The van der Waals surface area contributed by atoms with E-state index >= 15 is 0 Å². The number of ether oxygens (including phenoxy) is 1. The fourth-order valence-electron chi connectivity index (χ4n) is 1.94. The lowest BCUT2D eigenvalue weighted by atomic mass is 10.2. The summed E-state index contributed by atoms with van der Waals surface area (Å²) in [6, 6.07) is 3.26. The second-order valence-corrected chi connectivity index (χ2v) is 5.86. The summed E-state index contributed by atoms with van der Waals surface area (Å²) in [7, 11) is -3.97. The first-order chi connectivity index (χ1) is 9.29. The van der Waals surface area contributed by atoms with Gasteiger partial charge in [-0.15, -0.1) is 0 Å². The van der Waals surface area contributed by atoms with Crippen LogP contribution in [-0.2, 0) is 19.6 Å². The summed E-state index contributed by atoms with van der Waals surface area (Å²) < 4.78 is 41.2. The minimum Gasteiger partial charge on any atom is -0.479 e. The zero-order chi connectivity index (χ0) is 14.9. The van der Waals surface area contributed by atoms with Crippen LogP contribution in [0.15, 0.2) is 23.1 Å². The van der Waals surface area contributed by atoms with Crippen molar-refractivity contribution >= 4 is 21.7 Å². The number of halogens is 1. The maximum Gasteiger partial charge on any atom is 0.334 e. The van der Waals surface area contributed by atoms with Gasteiger partial charge in [0.15, 0.2) is 6.10 Å². The van der Waals surface area contributed by atoms with Gasteiger partial charge in [0, 0.05) is 6.54 Å². The molecule has 1 aliphatic rings. The molecule has 1 atom stereocenters. The first-order valence-electron chi connectivity index (χ1n) is 5.71. The molecular weight excluding hydrogens is 291 g/mol. The Hall–Kier alpha value is -1.71. The molecule has 1 unspecified atom stereocenters. The quantitative estimate of drug-likeness (QED) is 0.797. The van der Waals surface area contributed by atoms with Crippen LogP contribution in [0, 0.1) is 5.82 Å². The molecule has 1 saturated heterocycles. The van der Waals surface area contributed by atoms with Crippen LogP contribution in [0.5, 0.6) is 0 Å². The second kappa shape index (κ2) is 5.35. The van der Waals surface area contributed by atoms with Gasteiger partial charge >= 0.3 is 5.97 Å². The van der Waals surface area contributed by atoms with Crippen molar-refractivity contribution in [3.8, 4) is 0 Å². The summed E-state index contributed by atoms with van der Waals surface area (Å²) in [4.78, 5) is 12.0. The summed E-state index contributed by atoms with van der Waals surface area (Å²) in [6.45, 7) is 0.448. The number of nitrogens with zero attached hydrogens (tertiary/aromatic N) is 1. The molecule has 0 aliphatic carbocycles. The Labute approximate surface area is 114 Å². The van der Waals surface area contributed by atoms with Gasteiger partial charge in [-0.1, -0.05) is 0 Å². The SMILES string of the molecule is NS(=O)(=O)c1ccc(N2CCOC(C(=O)O)C2)c(F)c1. The molecule has 0 radical (unpaired) electrons. The Morgan fingerprint density at radius 3 is 2.75 bits per heavy atom. The van der Waals surface area contributed by atoms with Crippen LogP contribution >= 0.6 is 0 Å². The van der Waals surface area contributed by atoms with Crippen molar-refractivity contribution in [1.82, 2.24) is 0 Å². The minimum absolute atomic E-state index is 0.0129. The number of primary sulfonamides is 1. The average molecular weight is 304 g/mol. The van der Waals surface area contributed by atoms with Crippen LogP contribution < -0.4 is 10.0 Å². The molecule has 0 aromatic heterocycles. The van der Waals surface area contributed by atoms with Gasteiger partial charge in [-0.2, -0.15) is 0 Å². The monoisotopic (exact) mass is 304 g/mol. The van der Waals surface area contributed by atoms with Gasteiger partial charge in [0.1, 0.15) is 5.82 Å². The molecule has 1 fully saturated rings. The highest BCUT2D eigenvalue weighted by Gasteiger charge is 2.28. The third-order valence-electron chi connectivity index (χ3n) is 2.93. The topological polar surface area (TPSA) is 110 Å². The van der Waals surface area contributed by atoms with Crippen molar-refractivity contribution < 1.29 is 27.4 Å². The van der Waals surface area contributed by atoms with Gasteiger partial charge in [0.05, 0.1) is 23.7 Å².